The molecule has 0 spiro atoms. The molecular weight excluding hydrogens is 230 g/mol. The van der Waals surface area contributed by atoms with Gasteiger partial charge in [-0.05, 0) is 18.2 Å². The van der Waals surface area contributed by atoms with Gasteiger partial charge in [0.2, 0.25) is 0 Å². The number of hydrogen-bond donors (Lipinski definition) is 1. The van der Waals surface area contributed by atoms with Gasteiger partial charge in [0.15, 0.2) is 11.6 Å². The zero-order valence-electron chi connectivity index (χ0n) is 7.93. The number of allylic oxidation sites excluding steroid dienone is 2. The molecule has 0 heterocycles. The minimum Gasteiger partial charge on any atom is -0.755 e. The second-order valence-corrected chi connectivity index (χ2v) is 3.80. The van der Waals surface area contributed by atoms with E-state index in [0.717, 1.165) is 6.08 Å². The minimum absolute atomic E-state index is 0.0965. The number of ketones is 2. The van der Waals surface area contributed by atoms with Crippen molar-refractivity contribution in [3.8, 4) is 0 Å². The Bertz CT molecular complexity index is 536. The zero-order valence-corrected chi connectivity index (χ0v) is 8.74. The van der Waals surface area contributed by atoms with E-state index < -0.39 is 11.3 Å². The Labute approximate surface area is 93.6 Å². The highest BCUT2D eigenvalue weighted by molar-refractivity contribution is 7.80. The molecular formula is C10H6NO4S-. The molecule has 1 N–H and O–H groups in total. The van der Waals surface area contributed by atoms with Gasteiger partial charge in [0.25, 0.3) is 0 Å². The van der Waals surface area contributed by atoms with E-state index in [1.54, 1.807) is 0 Å². The number of rotatable bonds is 2. The lowest BCUT2D eigenvalue weighted by molar-refractivity contribution is 0.0994. The third-order valence-electron chi connectivity index (χ3n) is 2.16. The molecule has 0 aliphatic heterocycles. The first-order chi connectivity index (χ1) is 7.59. The topological polar surface area (TPSA) is 86.3 Å². The van der Waals surface area contributed by atoms with E-state index in [0.29, 0.717) is 0 Å². The Kier molecular flexibility index (Phi) is 2.67. The van der Waals surface area contributed by atoms with Crippen LogP contribution in [0, 0.1) is 0 Å². The average Bonchev–Trinajstić information content (AvgIpc) is 2.23. The molecule has 1 aliphatic rings. The second kappa shape index (κ2) is 3.99. The SMILES string of the molecule is O=C1C=CC(=O)c2c(NS(=O)[O-])cccc21. The molecule has 2 rings (SSSR count). The molecule has 1 aromatic carbocycles. The van der Waals surface area contributed by atoms with Gasteiger partial charge >= 0.3 is 0 Å². The van der Waals surface area contributed by atoms with Gasteiger partial charge < -0.3 is 9.27 Å². The standard InChI is InChI=1S/C10H7NO4S/c12-8-4-5-9(13)10-6(8)2-1-3-7(10)11-16(14)15/h1-5,11H,(H,14,15)/p-1. The Morgan fingerprint density at radius 3 is 2.50 bits per heavy atom. The predicted octanol–water partition coefficient (Wildman–Crippen LogP) is 0.828. The van der Waals surface area contributed by atoms with Crippen LogP contribution in [0.5, 0.6) is 0 Å². The maximum absolute atomic E-state index is 11.6. The smallest absolute Gasteiger partial charge is 0.188 e. The molecule has 1 atom stereocenters. The fraction of sp³-hybridized carbons (Fsp3) is 0. The molecule has 1 aromatic rings. The molecule has 0 saturated carbocycles. The summed E-state index contributed by atoms with van der Waals surface area (Å²) in [6.07, 6.45) is 2.30. The first-order valence-electron chi connectivity index (χ1n) is 4.35. The molecule has 0 aromatic heterocycles. The summed E-state index contributed by atoms with van der Waals surface area (Å²) in [4.78, 5) is 23.0. The molecule has 82 valence electrons. The van der Waals surface area contributed by atoms with Crippen molar-refractivity contribution in [3.63, 3.8) is 0 Å². The minimum atomic E-state index is -2.53. The molecule has 5 nitrogen and oxygen atoms in total. The lowest BCUT2D eigenvalue weighted by Crippen LogP contribution is -2.15. The summed E-state index contributed by atoms with van der Waals surface area (Å²) in [6.45, 7) is 0. The average molecular weight is 236 g/mol. The van der Waals surface area contributed by atoms with Crippen molar-refractivity contribution in [2.75, 3.05) is 4.72 Å². The van der Waals surface area contributed by atoms with Gasteiger partial charge in [-0.2, -0.15) is 0 Å². The van der Waals surface area contributed by atoms with E-state index in [1.807, 2.05) is 0 Å². The molecule has 0 bridgehead atoms. The van der Waals surface area contributed by atoms with Crippen molar-refractivity contribution in [2.45, 2.75) is 0 Å². The van der Waals surface area contributed by atoms with Crippen LogP contribution in [0.1, 0.15) is 20.7 Å². The summed E-state index contributed by atoms with van der Waals surface area (Å²) in [5.74, 6) is -0.696. The van der Waals surface area contributed by atoms with Gasteiger partial charge in [0.1, 0.15) is 0 Å². The summed E-state index contributed by atoms with van der Waals surface area (Å²) in [7, 11) is 0. The third-order valence-corrected chi connectivity index (χ3v) is 2.54. The van der Waals surface area contributed by atoms with Gasteiger partial charge in [-0.3, -0.25) is 13.8 Å². The third kappa shape index (κ3) is 1.80. The maximum atomic E-state index is 11.6. The van der Waals surface area contributed by atoms with Crippen molar-refractivity contribution < 1.29 is 18.4 Å². The van der Waals surface area contributed by atoms with E-state index >= 15 is 0 Å². The number of hydrogen-bond acceptors (Lipinski definition) is 4. The van der Waals surface area contributed by atoms with Crippen LogP contribution in [0.25, 0.3) is 0 Å². The summed E-state index contributed by atoms with van der Waals surface area (Å²) in [5, 5.41) is 0. The molecule has 0 fully saturated rings. The van der Waals surface area contributed by atoms with E-state index in [4.69, 9.17) is 0 Å². The van der Waals surface area contributed by atoms with Crippen molar-refractivity contribution in [1.82, 2.24) is 0 Å². The van der Waals surface area contributed by atoms with Crippen LogP contribution >= 0.6 is 0 Å². The highest BCUT2D eigenvalue weighted by atomic mass is 32.2. The molecule has 0 saturated heterocycles. The Balaban J connectivity index is 2.59. The second-order valence-electron chi connectivity index (χ2n) is 3.13. The van der Waals surface area contributed by atoms with Crippen LogP contribution in [0.15, 0.2) is 30.4 Å². The molecule has 0 amide bonds. The molecule has 1 unspecified atom stereocenters. The van der Waals surface area contributed by atoms with Crippen LogP contribution in [0.4, 0.5) is 5.69 Å². The first kappa shape index (κ1) is 10.7. The number of fused-ring (bicyclic) bond motifs is 1. The lowest BCUT2D eigenvalue weighted by atomic mass is 9.93. The van der Waals surface area contributed by atoms with Crippen LogP contribution in [-0.4, -0.2) is 20.3 Å². The summed E-state index contributed by atoms with van der Waals surface area (Å²) >= 11 is -2.53. The van der Waals surface area contributed by atoms with Crippen LogP contribution in [0.2, 0.25) is 0 Å². The van der Waals surface area contributed by atoms with Crippen LogP contribution in [-0.2, 0) is 11.3 Å². The fourth-order valence-electron chi connectivity index (χ4n) is 1.52. The number of carbonyl (C=O) groups is 2. The maximum Gasteiger partial charge on any atom is 0.188 e. The molecule has 0 radical (unpaired) electrons. The quantitative estimate of drug-likeness (QED) is 0.770. The van der Waals surface area contributed by atoms with Crippen molar-refractivity contribution in [1.29, 1.82) is 0 Å². The number of carbonyl (C=O) groups excluding carboxylic acids is 2. The van der Waals surface area contributed by atoms with Crippen molar-refractivity contribution in [3.05, 3.63) is 41.5 Å². The summed E-state index contributed by atoms with van der Waals surface area (Å²) < 4.78 is 23.1. The highest BCUT2D eigenvalue weighted by Gasteiger charge is 2.21. The number of benzene rings is 1. The summed E-state index contributed by atoms with van der Waals surface area (Å²) in [5.41, 5.74) is 0.427. The van der Waals surface area contributed by atoms with Crippen LogP contribution < -0.4 is 4.72 Å². The molecule has 1 aliphatic carbocycles. The number of nitrogens with one attached hydrogen (secondary N) is 1. The number of anilines is 1. The summed E-state index contributed by atoms with van der Waals surface area (Å²) in [6, 6.07) is 4.43. The van der Waals surface area contributed by atoms with E-state index in [9.17, 15) is 18.4 Å². The van der Waals surface area contributed by atoms with Gasteiger partial charge in [-0.25, -0.2) is 0 Å². The normalized spacial score (nSPS) is 15.8. The fourth-order valence-corrected chi connectivity index (χ4v) is 1.87. The monoisotopic (exact) mass is 236 g/mol. The van der Waals surface area contributed by atoms with Gasteiger partial charge in [0.05, 0.1) is 11.3 Å². The Hall–Kier alpha value is -1.79. The van der Waals surface area contributed by atoms with Crippen molar-refractivity contribution in [2.24, 2.45) is 0 Å². The Morgan fingerprint density at radius 2 is 1.81 bits per heavy atom. The first-order valence-corrected chi connectivity index (χ1v) is 5.43. The zero-order chi connectivity index (χ0) is 11.7. The molecule has 16 heavy (non-hydrogen) atoms. The highest BCUT2D eigenvalue weighted by Crippen LogP contribution is 2.25. The molecule has 6 heteroatoms. The van der Waals surface area contributed by atoms with Crippen molar-refractivity contribution >= 4 is 28.5 Å². The van der Waals surface area contributed by atoms with Crippen LogP contribution in [0.3, 0.4) is 0 Å². The Morgan fingerprint density at radius 1 is 1.12 bits per heavy atom. The van der Waals surface area contributed by atoms with Gasteiger partial charge in [0, 0.05) is 16.8 Å². The van der Waals surface area contributed by atoms with Gasteiger partial charge in [-0.15, -0.1) is 0 Å². The lowest BCUT2D eigenvalue weighted by Gasteiger charge is -2.16. The largest absolute Gasteiger partial charge is 0.755 e. The predicted molar refractivity (Wildman–Crippen MR) is 56.8 cm³/mol. The van der Waals surface area contributed by atoms with Gasteiger partial charge in [-0.1, -0.05) is 12.1 Å². The van der Waals surface area contributed by atoms with E-state index in [-0.39, 0.29) is 28.4 Å². The van der Waals surface area contributed by atoms with E-state index in [2.05, 4.69) is 4.72 Å². The van der Waals surface area contributed by atoms with E-state index in [1.165, 1.54) is 24.3 Å².